The van der Waals surface area contributed by atoms with Gasteiger partial charge in [0.25, 0.3) is 0 Å². The van der Waals surface area contributed by atoms with Gasteiger partial charge in [0.2, 0.25) is 0 Å². The molecular formula is C22H24F3N5O3. The second kappa shape index (κ2) is 9.49. The molecule has 8 nitrogen and oxygen atoms in total. The van der Waals surface area contributed by atoms with Crippen LogP contribution in [0.4, 0.5) is 18.0 Å². The van der Waals surface area contributed by atoms with Crippen LogP contribution in [0.3, 0.4) is 0 Å². The number of carbonyl (C=O) groups excluding carboxylic acids is 1. The summed E-state index contributed by atoms with van der Waals surface area (Å²) in [6, 6.07) is 12.5. The fourth-order valence-electron chi connectivity index (χ4n) is 2.80. The second-order valence-electron chi connectivity index (χ2n) is 8.17. The third-order valence-corrected chi connectivity index (χ3v) is 4.29. The topological polar surface area (TPSA) is 90.3 Å². The van der Waals surface area contributed by atoms with Gasteiger partial charge in [0.1, 0.15) is 17.7 Å². The van der Waals surface area contributed by atoms with Crippen molar-refractivity contribution >= 4 is 6.09 Å². The number of carbonyl (C=O) groups is 1. The van der Waals surface area contributed by atoms with E-state index in [0.29, 0.717) is 11.5 Å². The molecule has 1 unspecified atom stereocenters. The first-order valence-corrected chi connectivity index (χ1v) is 10.0. The number of ether oxygens (including phenoxy) is 2. The Morgan fingerprint density at radius 1 is 1.03 bits per heavy atom. The molecule has 0 aliphatic carbocycles. The number of hydrazine groups is 1. The lowest BCUT2D eigenvalue weighted by molar-refractivity contribution is -0.274. The van der Waals surface area contributed by atoms with Gasteiger partial charge in [-0.05, 0) is 57.5 Å². The van der Waals surface area contributed by atoms with Gasteiger partial charge in [-0.15, -0.1) is 18.3 Å². The Morgan fingerprint density at radius 3 is 2.24 bits per heavy atom. The molecule has 1 atom stereocenters. The van der Waals surface area contributed by atoms with E-state index in [-0.39, 0.29) is 11.8 Å². The zero-order valence-electron chi connectivity index (χ0n) is 18.5. The quantitative estimate of drug-likeness (QED) is 0.504. The predicted octanol–water partition coefficient (Wildman–Crippen LogP) is 4.92. The van der Waals surface area contributed by atoms with Gasteiger partial charge in [-0.25, -0.2) is 19.9 Å². The van der Waals surface area contributed by atoms with E-state index in [9.17, 15) is 18.0 Å². The Bertz CT molecular complexity index is 1070. The van der Waals surface area contributed by atoms with E-state index in [1.165, 1.54) is 35.3 Å². The maximum Gasteiger partial charge on any atom is 0.573 e. The first-order valence-electron chi connectivity index (χ1n) is 10.0. The van der Waals surface area contributed by atoms with E-state index in [2.05, 4.69) is 25.7 Å². The zero-order chi connectivity index (χ0) is 24.2. The van der Waals surface area contributed by atoms with Crippen molar-refractivity contribution < 1.29 is 27.4 Å². The highest BCUT2D eigenvalue weighted by Crippen LogP contribution is 2.24. The third-order valence-electron chi connectivity index (χ3n) is 4.29. The molecule has 176 valence electrons. The minimum atomic E-state index is -4.74. The van der Waals surface area contributed by atoms with Gasteiger partial charge in [0, 0.05) is 11.6 Å². The summed E-state index contributed by atoms with van der Waals surface area (Å²) in [5, 5.41) is 4.38. The fourth-order valence-corrected chi connectivity index (χ4v) is 2.80. The lowest BCUT2D eigenvalue weighted by Gasteiger charge is -2.21. The second-order valence-corrected chi connectivity index (χ2v) is 8.17. The van der Waals surface area contributed by atoms with Gasteiger partial charge in [0.05, 0.1) is 5.69 Å². The summed E-state index contributed by atoms with van der Waals surface area (Å²) in [5.41, 5.74) is 7.00. The van der Waals surface area contributed by atoms with Gasteiger partial charge >= 0.3 is 12.5 Å². The highest BCUT2D eigenvalue weighted by molar-refractivity contribution is 5.67. The van der Waals surface area contributed by atoms with Gasteiger partial charge in [-0.2, -0.15) is 0 Å². The summed E-state index contributed by atoms with van der Waals surface area (Å²) in [7, 11) is 0. The standard InChI is InChI=1S/C22H24F3N5O3/c1-14(27-28-20(31)33-21(2,3)4)15-5-7-16(8-6-15)19-26-13-30(29-19)17-9-11-18(12-10-17)32-22(23,24)25/h5-14,27H,1-4H3,(H,28,31). The van der Waals surface area contributed by atoms with E-state index in [1.54, 1.807) is 20.8 Å². The molecule has 1 heterocycles. The molecule has 0 spiro atoms. The van der Waals surface area contributed by atoms with Crippen molar-refractivity contribution in [2.45, 2.75) is 45.7 Å². The molecule has 3 aromatic rings. The van der Waals surface area contributed by atoms with Crippen molar-refractivity contribution in [1.82, 2.24) is 25.6 Å². The van der Waals surface area contributed by atoms with Crippen LogP contribution in [-0.2, 0) is 4.74 Å². The average molecular weight is 463 g/mol. The van der Waals surface area contributed by atoms with Crippen LogP contribution in [0, 0.1) is 0 Å². The molecule has 3 rings (SSSR count). The van der Waals surface area contributed by atoms with Crippen LogP contribution in [0.25, 0.3) is 17.1 Å². The number of aromatic nitrogens is 3. The summed E-state index contributed by atoms with van der Waals surface area (Å²) < 4.78 is 47.4. The van der Waals surface area contributed by atoms with E-state index < -0.39 is 18.1 Å². The summed E-state index contributed by atoms with van der Waals surface area (Å²) in [6.45, 7) is 7.22. The van der Waals surface area contributed by atoms with Gasteiger partial charge < -0.3 is 9.47 Å². The number of nitrogens with one attached hydrogen (secondary N) is 2. The minimum Gasteiger partial charge on any atom is -0.443 e. The lowest BCUT2D eigenvalue weighted by atomic mass is 10.1. The third kappa shape index (κ3) is 7.21. The molecular weight excluding hydrogens is 439 g/mol. The number of halogens is 3. The van der Waals surface area contributed by atoms with Crippen LogP contribution < -0.4 is 15.6 Å². The van der Waals surface area contributed by atoms with Crippen LogP contribution in [0.1, 0.15) is 39.3 Å². The zero-order valence-corrected chi connectivity index (χ0v) is 18.5. The van der Waals surface area contributed by atoms with Crippen molar-refractivity contribution in [3.05, 3.63) is 60.4 Å². The Hall–Kier alpha value is -3.60. The fraction of sp³-hybridized carbons (Fsp3) is 0.318. The number of benzene rings is 2. The maximum absolute atomic E-state index is 12.3. The number of hydrogen-bond donors (Lipinski definition) is 2. The van der Waals surface area contributed by atoms with Crippen molar-refractivity contribution in [2.75, 3.05) is 0 Å². The van der Waals surface area contributed by atoms with Gasteiger partial charge in [0.15, 0.2) is 5.82 Å². The largest absolute Gasteiger partial charge is 0.573 e. The van der Waals surface area contributed by atoms with Gasteiger partial charge in [-0.1, -0.05) is 24.3 Å². The molecule has 0 aliphatic rings. The molecule has 1 amide bonds. The molecule has 2 N–H and O–H groups in total. The summed E-state index contributed by atoms with van der Waals surface area (Å²) >= 11 is 0. The number of hydrogen-bond acceptors (Lipinski definition) is 6. The van der Waals surface area contributed by atoms with E-state index in [4.69, 9.17) is 4.74 Å². The Labute approximate surface area is 188 Å². The molecule has 11 heteroatoms. The smallest absolute Gasteiger partial charge is 0.443 e. The summed E-state index contributed by atoms with van der Waals surface area (Å²) in [5.74, 6) is 0.135. The van der Waals surface area contributed by atoms with Crippen LogP contribution in [-0.4, -0.2) is 32.8 Å². The predicted molar refractivity (Wildman–Crippen MR) is 114 cm³/mol. The highest BCUT2D eigenvalue weighted by Gasteiger charge is 2.31. The first kappa shape index (κ1) is 24.1. The number of rotatable bonds is 6. The molecule has 0 aliphatic heterocycles. The Kier molecular flexibility index (Phi) is 6.92. The lowest BCUT2D eigenvalue weighted by Crippen LogP contribution is -2.42. The molecule has 33 heavy (non-hydrogen) atoms. The van der Waals surface area contributed by atoms with Crippen LogP contribution in [0.5, 0.6) is 5.75 Å². The molecule has 2 aromatic carbocycles. The SMILES string of the molecule is CC(NNC(=O)OC(C)(C)C)c1ccc(-c2ncn(-c3ccc(OC(F)(F)F)cc3)n2)cc1. The first-order chi connectivity index (χ1) is 15.4. The Morgan fingerprint density at radius 2 is 1.67 bits per heavy atom. The molecule has 0 saturated heterocycles. The number of alkyl halides is 3. The molecule has 1 aromatic heterocycles. The minimum absolute atomic E-state index is 0.186. The van der Waals surface area contributed by atoms with E-state index >= 15 is 0 Å². The number of amides is 1. The van der Waals surface area contributed by atoms with Crippen LogP contribution in [0.2, 0.25) is 0 Å². The van der Waals surface area contributed by atoms with Crippen molar-refractivity contribution in [3.8, 4) is 22.8 Å². The molecule has 0 saturated carbocycles. The van der Waals surface area contributed by atoms with Crippen LogP contribution >= 0.6 is 0 Å². The average Bonchev–Trinajstić information content (AvgIpc) is 3.20. The summed E-state index contributed by atoms with van der Waals surface area (Å²) in [4.78, 5) is 16.0. The maximum atomic E-state index is 12.3. The Balaban J connectivity index is 1.62. The van der Waals surface area contributed by atoms with Gasteiger partial charge in [-0.3, -0.25) is 5.43 Å². The van der Waals surface area contributed by atoms with E-state index in [0.717, 1.165) is 11.1 Å². The van der Waals surface area contributed by atoms with Crippen molar-refractivity contribution in [2.24, 2.45) is 0 Å². The molecule has 0 radical (unpaired) electrons. The van der Waals surface area contributed by atoms with Crippen LogP contribution in [0.15, 0.2) is 54.9 Å². The number of nitrogens with zero attached hydrogens (tertiary/aromatic N) is 3. The normalized spacial score (nSPS) is 12.8. The van der Waals surface area contributed by atoms with Crippen molar-refractivity contribution in [1.29, 1.82) is 0 Å². The summed E-state index contributed by atoms with van der Waals surface area (Å²) in [6.07, 6.45) is -3.84. The monoisotopic (exact) mass is 463 g/mol. The van der Waals surface area contributed by atoms with Crippen molar-refractivity contribution in [3.63, 3.8) is 0 Å². The highest BCUT2D eigenvalue weighted by atomic mass is 19.4. The molecule has 0 fully saturated rings. The van der Waals surface area contributed by atoms with E-state index in [1.807, 2.05) is 31.2 Å². The molecule has 0 bridgehead atoms.